The molecule has 2 aromatic rings. The summed E-state index contributed by atoms with van der Waals surface area (Å²) in [7, 11) is -1.84. The first-order valence-electron chi connectivity index (χ1n) is 8.43. The first-order valence-corrected chi connectivity index (χ1v) is 10.3. The van der Waals surface area contributed by atoms with Gasteiger partial charge in [-0.1, -0.05) is 12.1 Å². The van der Waals surface area contributed by atoms with Crippen LogP contribution in [0, 0.1) is 20.8 Å². The van der Waals surface area contributed by atoms with E-state index >= 15 is 0 Å². The van der Waals surface area contributed by atoms with Gasteiger partial charge < -0.3 is 5.32 Å². The number of benzene rings is 2. The maximum absolute atomic E-state index is 12.5. The van der Waals surface area contributed by atoms with E-state index in [1.54, 1.807) is 24.3 Å². The number of nitrogens with one attached hydrogen (secondary N) is 1. The molecule has 0 aromatic heterocycles. The molecule has 5 nitrogen and oxygen atoms in total. The summed E-state index contributed by atoms with van der Waals surface area (Å²) in [5.74, 6) is -0.191. The van der Waals surface area contributed by atoms with Crippen molar-refractivity contribution >= 4 is 21.6 Å². The molecule has 2 aromatic carbocycles. The first kappa shape index (κ1) is 20.0. The SMILES string of the molecule is Cc1cc(C)c([C@@H](C)NC(=O)c2ccc(N(C)S(C)(=O)=O)cc2)cc1C. The van der Waals surface area contributed by atoms with Gasteiger partial charge in [-0.05, 0) is 74.2 Å². The Morgan fingerprint density at radius 2 is 1.54 bits per heavy atom. The van der Waals surface area contributed by atoms with Gasteiger partial charge in [-0.15, -0.1) is 0 Å². The minimum Gasteiger partial charge on any atom is -0.346 e. The van der Waals surface area contributed by atoms with Gasteiger partial charge >= 0.3 is 0 Å². The second-order valence-electron chi connectivity index (χ2n) is 6.77. The zero-order valence-electron chi connectivity index (χ0n) is 16.1. The van der Waals surface area contributed by atoms with Crippen LogP contribution in [0.15, 0.2) is 36.4 Å². The third-order valence-corrected chi connectivity index (χ3v) is 5.89. The number of amides is 1. The van der Waals surface area contributed by atoms with E-state index in [0.29, 0.717) is 11.3 Å². The first-order chi connectivity index (χ1) is 12.0. The Morgan fingerprint density at radius 3 is 2.08 bits per heavy atom. The van der Waals surface area contributed by atoms with E-state index in [1.165, 1.54) is 22.5 Å². The van der Waals surface area contributed by atoms with Crippen LogP contribution in [0.4, 0.5) is 5.69 Å². The van der Waals surface area contributed by atoms with Crippen molar-refractivity contribution in [3.05, 3.63) is 64.2 Å². The zero-order valence-corrected chi connectivity index (χ0v) is 16.9. The van der Waals surface area contributed by atoms with Crippen molar-refractivity contribution in [2.24, 2.45) is 0 Å². The molecule has 0 saturated carbocycles. The highest BCUT2D eigenvalue weighted by molar-refractivity contribution is 7.92. The number of hydrogen-bond acceptors (Lipinski definition) is 3. The number of aryl methyl sites for hydroxylation is 3. The van der Waals surface area contributed by atoms with Crippen LogP contribution in [-0.2, 0) is 10.0 Å². The highest BCUT2D eigenvalue weighted by Gasteiger charge is 2.16. The number of sulfonamides is 1. The van der Waals surface area contributed by atoms with Gasteiger partial charge in [0.1, 0.15) is 0 Å². The van der Waals surface area contributed by atoms with Crippen LogP contribution in [0.3, 0.4) is 0 Å². The van der Waals surface area contributed by atoms with Gasteiger partial charge in [0.2, 0.25) is 10.0 Å². The van der Waals surface area contributed by atoms with Gasteiger partial charge in [0.15, 0.2) is 0 Å². The quantitative estimate of drug-likeness (QED) is 0.871. The second-order valence-corrected chi connectivity index (χ2v) is 8.78. The lowest BCUT2D eigenvalue weighted by Crippen LogP contribution is -2.27. The number of rotatable bonds is 5. The molecule has 26 heavy (non-hydrogen) atoms. The number of anilines is 1. The summed E-state index contributed by atoms with van der Waals surface area (Å²) in [5, 5.41) is 3.01. The van der Waals surface area contributed by atoms with Gasteiger partial charge in [-0.3, -0.25) is 9.10 Å². The van der Waals surface area contributed by atoms with Gasteiger partial charge in [0.05, 0.1) is 18.0 Å². The number of carbonyl (C=O) groups is 1. The molecule has 1 N–H and O–H groups in total. The third-order valence-electron chi connectivity index (χ3n) is 4.69. The molecule has 2 rings (SSSR count). The molecule has 140 valence electrons. The smallest absolute Gasteiger partial charge is 0.251 e. The Bertz CT molecular complexity index is 919. The van der Waals surface area contributed by atoms with Crippen LogP contribution < -0.4 is 9.62 Å². The average Bonchev–Trinajstić information content (AvgIpc) is 2.56. The minimum atomic E-state index is -3.32. The van der Waals surface area contributed by atoms with E-state index in [0.717, 1.165) is 17.4 Å². The summed E-state index contributed by atoms with van der Waals surface area (Å²) in [6, 6.07) is 10.6. The van der Waals surface area contributed by atoms with Crippen molar-refractivity contribution in [2.75, 3.05) is 17.6 Å². The Morgan fingerprint density at radius 1 is 1.00 bits per heavy atom. The summed E-state index contributed by atoms with van der Waals surface area (Å²) in [6.07, 6.45) is 1.14. The summed E-state index contributed by atoms with van der Waals surface area (Å²) < 4.78 is 24.3. The Hall–Kier alpha value is -2.34. The molecule has 0 aliphatic heterocycles. The summed E-state index contributed by atoms with van der Waals surface area (Å²) >= 11 is 0. The van der Waals surface area contributed by atoms with Gasteiger partial charge in [-0.25, -0.2) is 8.42 Å². The molecular formula is C20H26N2O3S. The fraction of sp³-hybridized carbons (Fsp3) is 0.350. The Balaban J connectivity index is 2.16. The molecule has 1 atom stereocenters. The maximum atomic E-state index is 12.5. The summed E-state index contributed by atoms with van der Waals surface area (Å²) in [6.45, 7) is 8.13. The fourth-order valence-electron chi connectivity index (χ4n) is 2.82. The van der Waals surface area contributed by atoms with Crippen molar-refractivity contribution in [1.82, 2.24) is 5.32 Å². The van der Waals surface area contributed by atoms with Crippen LogP contribution in [0.2, 0.25) is 0 Å². The molecular weight excluding hydrogens is 348 g/mol. The topological polar surface area (TPSA) is 66.5 Å². The molecule has 6 heteroatoms. The standard InChI is InChI=1S/C20H26N2O3S/c1-13-11-15(3)19(12-14(13)2)16(4)21-20(23)17-7-9-18(10-8-17)22(5)26(6,24)25/h7-12,16H,1-6H3,(H,21,23)/t16-/m1/s1. The van der Waals surface area contributed by atoms with Gasteiger partial charge in [0.25, 0.3) is 5.91 Å². The third kappa shape index (κ3) is 4.43. The van der Waals surface area contributed by atoms with E-state index < -0.39 is 10.0 Å². The van der Waals surface area contributed by atoms with Crippen LogP contribution in [-0.4, -0.2) is 27.6 Å². The Kier molecular flexibility index (Phi) is 5.76. The predicted molar refractivity (Wildman–Crippen MR) is 106 cm³/mol. The number of carbonyl (C=O) groups excluding carboxylic acids is 1. The molecule has 0 radical (unpaired) electrons. The zero-order chi connectivity index (χ0) is 19.6. The van der Waals surface area contributed by atoms with E-state index in [9.17, 15) is 13.2 Å². The highest BCUT2D eigenvalue weighted by atomic mass is 32.2. The van der Waals surface area contributed by atoms with Crippen molar-refractivity contribution in [3.63, 3.8) is 0 Å². The number of nitrogens with zero attached hydrogens (tertiary/aromatic N) is 1. The van der Waals surface area contributed by atoms with Crippen molar-refractivity contribution < 1.29 is 13.2 Å². The van der Waals surface area contributed by atoms with Crippen molar-refractivity contribution in [2.45, 2.75) is 33.7 Å². The van der Waals surface area contributed by atoms with Crippen molar-refractivity contribution in [3.8, 4) is 0 Å². The minimum absolute atomic E-state index is 0.125. The van der Waals surface area contributed by atoms with E-state index in [1.807, 2.05) is 13.8 Å². The molecule has 0 aliphatic rings. The molecule has 0 fully saturated rings. The molecule has 0 bridgehead atoms. The van der Waals surface area contributed by atoms with Crippen LogP contribution in [0.1, 0.15) is 45.6 Å². The molecule has 1 amide bonds. The van der Waals surface area contributed by atoms with Gasteiger partial charge in [-0.2, -0.15) is 0 Å². The largest absolute Gasteiger partial charge is 0.346 e. The molecule has 0 spiro atoms. The maximum Gasteiger partial charge on any atom is 0.251 e. The fourth-order valence-corrected chi connectivity index (χ4v) is 3.33. The van der Waals surface area contributed by atoms with Crippen LogP contribution >= 0.6 is 0 Å². The normalized spacial score (nSPS) is 12.5. The van der Waals surface area contributed by atoms with E-state index in [-0.39, 0.29) is 11.9 Å². The lowest BCUT2D eigenvalue weighted by atomic mass is 9.96. The highest BCUT2D eigenvalue weighted by Crippen LogP contribution is 2.22. The Labute approximate surface area is 156 Å². The monoisotopic (exact) mass is 374 g/mol. The molecule has 0 saturated heterocycles. The average molecular weight is 375 g/mol. The predicted octanol–water partition coefficient (Wildman–Crippen LogP) is 3.50. The van der Waals surface area contributed by atoms with E-state index in [2.05, 4.69) is 31.3 Å². The van der Waals surface area contributed by atoms with Crippen LogP contribution in [0.5, 0.6) is 0 Å². The molecule has 0 unspecified atom stereocenters. The molecule has 0 aliphatic carbocycles. The lowest BCUT2D eigenvalue weighted by molar-refractivity contribution is 0.0940. The van der Waals surface area contributed by atoms with Crippen LogP contribution in [0.25, 0.3) is 0 Å². The van der Waals surface area contributed by atoms with Crippen molar-refractivity contribution in [1.29, 1.82) is 0 Å². The summed E-state index contributed by atoms with van der Waals surface area (Å²) in [5.41, 5.74) is 5.67. The lowest BCUT2D eigenvalue weighted by Gasteiger charge is -2.19. The molecule has 0 heterocycles. The summed E-state index contributed by atoms with van der Waals surface area (Å²) in [4.78, 5) is 12.5. The number of hydrogen-bond donors (Lipinski definition) is 1. The second kappa shape index (κ2) is 7.50. The van der Waals surface area contributed by atoms with E-state index in [4.69, 9.17) is 0 Å². The van der Waals surface area contributed by atoms with Gasteiger partial charge in [0, 0.05) is 12.6 Å².